The fourth-order valence-corrected chi connectivity index (χ4v) is 4.20. The second-order valence-electron chi connectivity index (χ2n) is 8.53. The highest BCUT2D eigenvalue weighted by Gasteiger charge is 2.42. The largest absolute Gasteiger partial charge is 0.341 e. The Kier molecular flexibility index (Phi) is 6.15. The van der Waals surface area contributed by atoms with Crippen molar-refractivity contribution in [2.45, 2.75) is 52.1 Å². The van der Waals surface area contributed by atoms with Crippen molar-refractivity contribution in [1.82, 2.24) is 19.7 Å². The smallest absolute Gasteiger partial charge is 0.236 e. The van der Waals surface area contributed by atoms with Crippen LogP contribution in [0.4, 0.5) is 0 Å². The summed E-state index contributed by atoms with van der Waals surface area (Å²) in [7, 11) is 2.00. The number of hydrogen-bond donors (Lipinski definition) is 0. The molecule has 2 aliphatic rings. The highest BCUT2D eigenvalue weighted by Crippen LogP contribution is 2.39. The van der Waals surface area contributed by atoms with Crippen molar-refractivity contribution in [3.05, 3.63) is 30.1 Å². The molecular formula is C21H32N4O2. The fourth-order valence-electron chi connectivity index (χ4n) is 4.20. The molecule has 3 rings (SSSR count). The Morgan fingerprint density at radius 3 is 2.70 bits per heavy atom. The maximum absolute atomic E-state index is 12.8. The average Bonchev–Trinajstić information content (AvgIpc) is 2.66. The van der Waals surface area contributed by atoms with Gasteiger partial charge >= 0.3 is 0 Å². The summed E-state index contributed by atoms with van der Waals surface area (Å²) in [6, 6.07) is 4.29. The maximum Gasteiger partial charge on any atom is 0.236 e. The van der Waals surface area contributed by atoms with Crippen molar-refractivity contribution in [3.8, 4) is 0 Å². The number of likely N-dealkylation sites (N-methyl/N-ethyl adjacent to an activating group) is 1. The standard InChI is InChI=1S/C21H32N4O2/c1-17(2)23(3)14-20(27)24-12-4-8-21(15-24)9-5-19(26)25(16-21)13-18-6-10-22-11-7-18/h6-7,10-11,17H,4-5,8-9,12-16H2,1-3H3/t21-/m1/s1. The second kappa shape index (κ2) is 8.38. The average molecular weight is 373 g/mol. The highest BCUT2D eigenvalue weighted by molar-refractivity contribution is 5.79. The van der Waals surface area contributed by atoms with Crippen LogP contribution in [0.25, 0.3) is 0 Å². The van der Waals surface area contributed by atoms with E-state index < -0.39 is 0 Å². The van der Waals surface area contributed by atoms with E-state index in [4.69, 9.17) is 0 Å². The van der Waals surface area contributed by atoms with E-state index in [1.165, 1.54) is 0 Å². The van der Waals surface area contributed by atoms with Crippen LogP contribution in [0.2, 0.25) is 0 Å². The van der Waals surface area contributed by atoms with Gasteiger partial charge in [-0.25, -0.2) is 0 Å². The molecule has 0 radical (unpaired) electrons. The lowest BCUT2D eigenvalue weighted by atomic mass is 9.73. The topological polar surface area (TPSA) is 56.8 Å². The van der Waals surface area contributed by atoms with E-state index in [-0.39, 0.29) is 17.2 Å². The molecule has 2 fully saturated rings. The molecule has 2 amide bonds. The summed E-state index contributed by atoms with van der Waals surface area (Å²) in [6.45, 7) is 7.67. The molecule has 0 saturated carbocycles. The number of hydrogen-bond acceptors (Lipinski definition) is 4. The lowest BCUT2D eigenvalue weighted by molar-refractivity contribution is -0.144. The minimum absolute atomic E-state index is 0.0469. The second-order valence-corrected chi connectivity index (χ2v) is 8.53. The number of rotatable bonds is 5. The number of piperidine rings is 2. The first-order chi connectivity index (χ1) is 12.9. The summed E-state index contributed by atoms with van der Waals surface area (Å²) < 4.78 is 0. The van der Waals surface area contributed by atoms with Gasteiger partial charge in [0.1, 0.15) is 0 Å². The lowest BCUT2D eigenvalue weighted by Crippen LogP contribution is -2.56. The van der Waals surface area contributed by atoms with Crippen LogP contribution in [-0.4, -0.2) is 70.8 Å². The Bertz CT molecular complexity index is 663. The molecule has 0 aliphatic carbocycles. The van der Waals surface area contributed by atoms with Gasteiger partial charge in [-0.15, -0.1) is 0 Å². The third-order valence-electron chi connectivity index (χ3n) is 6.15. The Balaban J connectivity index is 1.65. The zero-order chi connectivity index (χ0) is 19.4. The molecule has 0 N–H and O–H groups in total. The molecule has 2 saturated heterocycles. The predicted octanol–water partition coefficient (Wildman–Crippen LogP) is 2.15. The van der Waals surface area contributed by atoms with E-state index in [1.807, 2.05) is 29.0 Å². The Labute approximate surface area is 162 Å². The van der Waals surface area contributed by atoms with E-state index >= 15 is 0 Å². The van der Waals surface area contributed by atoms with Crippen LogP contribution in [0.1, 0.15) is 45.1 Å². The molecule has 2 aliphatic heterocycles. The van der Waals surface area contributed by atoms with Crippen molar-refractivity contribution >= 4 is 11.8 Å². The summed E-state index contributed by atoms with van der Waals surface area (Å²) >= 11 is 0. The molecule has 148 valence electrons. The number of carbonyl (C=O) groups excluding carboxylic acids is 2. The summed E-state index contributed by atoms with van der Waals surface area (Å²) in [6.07, 6.45) is 7.13. The third-order valence-corrected chi connectivity index (χ3v) is 6.15. The number of amides is 2. The number of aromatic nitrogens is 1. The quantitative estimate of drug-likeness (QED) is 0.795. The van der Waals surface area contributed by atoms with E-state index in [0.29, 0.717) is 25.6 Å². The first kappa shape index (κ1) is 19.8. The molecule has 1 spiro atoms. The van der Waals surface area contributed by atoms with Crippen LogP contribution in [0.3, 0.4) is 0 Å². The summed E-state index contributed by atoms with van der Waals surface area (Å²) in [4.78, 5) is 35.4. The zero-order valence-electron chi connectivity index (χ0n) is 16.9. The van der Waals surface area contributed by atoms with Crippen molar-refractivity contribution in [2.75, 3.05) is 33.2 Å². The van der Waals surface area contributed by atoms with Gasteiger partial charge in [0.15, 0.2) is 0 Å². The molecule has 27 heavy (non-hydrogen) atoms. The van der Waals surface area contributed by atoms with Gasteiger partial charge in [-0.1, -0.05) is 0 Å². The van der Waals surface area contributed by atoms with Crippen LogP contribution in [-0.2, 0) is 16.1 Å². The van der Waals surface area contributed by atoms with Crippen molar-refractivity contribution in [1.29, 1.82) is 0 Å². The van der Waals surface area contributed by atoms with Gasteiger partial charge in [0.2, 0.25) is 11.8 Å². The fraction of sp³-hybridized carbons (Fsp3) is 0.667. The van der Waals surface area contributed by atoms with Crippen LogP contribution >= 0.6 is 0 Å². The van der Waals surface area contributed by atoms with Gasteiger partial charge in [0.25, 0.3) is 0 Å². The molecule has 0 bridgehead atoms. The van der Waals surface area contributed by atoms with E-state index in [0.717, 1.165) is 44.5 Å². The predicted molar refractivity (Wildman–Crippen MR) is 105 cm³/mol. The number of carbonyl (C=O) groups is 2. The maximum atomic E-state index is 12.8. The molecule has 6 nitrogen and oxygen atoms in total. The molecule has 6 heteroatoms. The van der Waals surface area contributed by atoms with Gasteiger partial charge in [-0.2, -0.15) is 0 Å². The normalized spacial score (nSPS) is 23.5. The third kappa shape index (κ3) is 4.86. The summed E-state index contributed by atoms with van der Waals surface area (Å²) in [5, 5.41) is 0. The zero-order valence-corrected chi connectivity index (χ0v) is 16.9. The van der Waals surface area contributed by atoms with E-state index in [1.54, 1.807) is 12.4 Å². The molecule has 1 aromatic heterocycles. The number of pyridine rings is 1. The van der Waals surface area contributed by atoms with Gasteiger partial charge in [-0.3, -0.25) is 19.5 Å². The summed E-state index contributed by atoms with van der Waals surface area (Å²) in [5.74, 6) is 0.434. The molecule has 1 atom stereocenters. The SMILES string of the molecule is CC(C)N(C)CC(=O)N1CCC[C@@]2(CCC(=O)N(Cc3ccncc3)C2)C1. The van der Waals surface area contributed by atoms with Crippen LogP contribution in [0.15, 0.2) is 24.5 Å². The first-order valence-corrected chi connectivity index (χ1v) is 10.0. The molecule has 0 unspecified atom stereocenters. The highest BCUT2D eigenvalue weighted by atomic mass is 16.2. The minimum atomic E-state index is 0.0469. The van der Waals surface area contributed by atoms with E-state index in [9.17, 15) is 9.59 Å². The molecule has 1 aromatic rings. The molecular weight excluding hydrogens is 340 g/mol. The molecule has 3 heterocycles. The summed E-state index contributed by atoms with van der Waals surface area (Å²) in [5.41, 5.74) is 1.16. The van der Waals surface area contributed by atoms with Crippen molar-refractivity contribution in [2.24, 2.45) is 5.41 Å². The van der Waals surface area contributed by atoms with Crippen molar-refractivity contribution < 1.29 is 9.59 Å². The van der Waals surface area contributed by atoms with Crippen LogP contribution in [0, 0.1) is 5.41 Å². The van der Waals surface area contributed by atoms with E-state index in [2.05, 4.69) is 23.7 Å². The molecule has 0 aromatic carbocycles. The Morgan fingerprint density at radius 1 is 1.26 bits per heavy atom. The van der Waals surface area contributed by atoms with Gasteiger partial charge in [0.05, 0.1) is 6.54 Å². The van der Waals surface area contributed by atoms with Crippen LogP contribution in [0.5, 0.6) is 0 Å². The van der Waals surface area contributed by atoms with Crippen LogP contribution < -0.4 is 0 Å². The number of nitrogens with zero attached hydrogens (tertiary/aromatic N) is 4. The number of likely N-dealkylation sites (tertiary alicyclic amines) is 2. The lowest BCUT2D eigenvalue weighted by Gasteiger charge is -2.48. The van der Waals surface area contributed by atoms with Gasteiger partial charge < -0.3 is 9.80 Å². The van der Waals surface area contributed by atoms with Gasteiger partial charge in [0, 0.05) is 56.5 Å². The first-order valence-electron chi connectivity index (χ1n) is 10.0. The van der Waals surface area contributed by atoms with Gasteiger partial charge in [-0.05, 0) is 57.9 Å². The Hall–Kier alpha value is -1.95. The monoisotopic (exact) mass is 372 g/mol. The Morgan fingerprint density at radius 2 is 2.00 bits per heavy atom. The van der Waals surface area contributed by atoms with Crippen molar-refractivity contribution in [3.63, 3.8) is 0 Å². The minimum Gasteiger partial charge on any atom is -0.341 e.